The van der Waals surface area contributed by atoms with Crippen LogP contribution >= 0.6 is 0 Å². The second kappa shape index (κ2) is 35.4. The summed E-state index contributed by atoms with van der Waals surface area (Å²) in [6, 6.07) is 22.5. The molecule has 9 aromatic rings. The quantitative estimate of drug-likeness (QED) is 0.0348. The van der Waals surface area contributed by atoms with Gasteiger partial charge in [-0.25, -0.2) is 15.0 Å². The Hall–Kier alpha value is -11.2. The van der Waals surface area contributed by atoms with E-state index >= 15 is 0 Å². The van der Waals surface area contributed by atoms with E-state index in [0.717, 1.165) is 80.7 Å². The molecule has 0 spiro atoms. The van der Waals surface area contributed by atoms with Crippen LogP contribution in [0.1, 0.15) is 132 Å². The topological polar surface area (TPSA) is 336 Å². The summed E-state index contributed by atoms with van der Waals surface area (Å²) in [6.45, 7) is 17.0. The van der Waals surface area contributed by atoms with Crippen molar-refractivity contribution >= 4 is 79.7 Å². The summed E-state index contributed by atoms with van der Waals surface area (Å²) in [5.41, 5.74) is 25.6. The molecule has 572 valence electrons. The predicted molar refractivity (Wildman–Crippen MR) is 422 cm³/mol. The number of methoxy groups -OCH3 is 3. The van der Waals surface area contributed by atoms with E-state index in [2.05, 4.69) is 41.0 Å². The van der Waals surface area contributed by atoms with E-state index in [9.17, 15) is 38.4 Å². The molecule has 28 heteroatoms. The fourth-order valence-electron chi connectivity index (χ4n) is 13.8. The smallest absolute Gasteiger partial charge is 0.278 e. The highest BCUT2D eigenvalue weighted by atomic mass is 16.5. The number of fused-ring (bicyclic) bond motifs is 3. The minimum absolute atomic E-state index is 0.0358. The fourth-order valence-corrected chi connectivity index (χ4v) is 13.8. The van der Waals surface area contributed by atoms with E-state index in [1.165, 1.54) is 51.8 Å². The monoisotopic (exact) mass is 1480 g/mol. The van der Waals surface area contributed by atoms with Crippen LogP contribution in [0.5, 0.6) is 17.2 Å². The minimum Gasteiger partial charge on any atom is -0.497 e. The number of Topliss-reactive ketones (excluding diaryl/α,β-unsaturated/α-hetero) is 3. The first-order valence-electron chi connectivity index (χ1n) is 36.4. The van der Waals surface area contributed by atoms with Crippen LogP contribution in [0.15, 0.2) is 147 Å². The first-order chi connectivity index (χ1) is 51.7. The Balaban J connectivity index is 0.000000173. The number of piperidine rings is 3. The number of carbonyl (C=O) groups excluding carboxylic acids is 5. The Morgan fingerprint density at radius 2 is 0.861 bits per heavy atom. The van der Waals surface area contributed by atoms with E-state index in [-0.39, 0.29) is 89.1 Å². The summed E-state index contributed by atoms with van der Waals surface area (Å²) in [4.78, 5) is 128. The van der Waals surface area contributed by atoms with Gasteiger partial charge in [-0.05, 0) is 116 Å². The highest BCUT2D eigenvalue weighted by molar-refractivity contribution is 6.12. The lowest BCUT2D eigenvalue weighted by molar-refractivity contribution is 0.0828. The molecule has 9 heterocycles. The van der Waals surface area contributed by atoms with Crippen LogP contribution in [0.25, 0.3) is 33.1 Å². The van der Waals surface area contributed by atoms with Gasteiger partial charge in [0.05, 0.1) is 65.5 Å². The van der Waals surface area contributed by atoms with Gasteiger partial charge in [0.2, 0.25) is 0 Å². The van der Waals surface area contributed by atoms with E-state index < -0.39 is 0 Å². The first kappa shape index (κ1) is 79.3. The number of nitrogens with two attached hydrogens (primary N) is 3. The lowest BCUT2D eigenvalue weighted by Gasteiger charge is -2.34. The molecule has 0 radical (unpaired) electrons. The molecular formula is C80H101N17O11. The third kappa shape index (κ3) is 18.1. The normalized spacial score (nSPS) is 15.7. The van der Waals surface area contributed by atoms with Gasteiger partial charge >= 0.3 is 0 Å². The highest BCUT2D eigenvalue weighted by Gasteiger charge is 2.35. The Morgan fingerprint density at radius 1 is 0.500 bits per heavy atom. The standard InChI is InChI=1S/C28H36N6O4.C27H34N6O4.C25H31N5O3/c1-18(2)11-13-34-25-24(23(27(36)31(3)4)26(34)32-12-7-9-20(29)15-32)30-17-33(28(25)37)16-22(35)19-8-6-10-21(14-19)38-5;1-17(2)10-12-33-24-23(22(25(35)29-3)26(33)31-11-6-8-19(28)14-31)30-16-32(27(24)36)15-21(34)18-7-5-9-20(13-18)37-4;1-17(2)9-11-30-23(28-10-5-7-19(26)14-28)13-21-24(30)25(32)29(16-27-21)15-22(31)18-6-4-8-20(12-18)33-3/h6,8,10-11,14,17,20H,7,9,12-13,15-16,29H2,1-5H3;5,7,9-10,13,16,19H,6,8,11-12,14-15,28H2,1-4H3,(H,29,35);4,6,8-9,12-13,16,19H,5,7,10-11,14-15,26H2,1-3H3/t20-;2*19-/m111/s1. The molecule has 108 heavy (non-hydrogen) atoms. The summed E-state index contributed by atoms with van der Waals surface area (Å²) in [5, 5.41) is 2.70. The summed E-state index contributed by atoms with van der Waals surface area (Å²) in [7, 11) is 9.54. The van der Waals surface area contributed by atoms with Crippen molar-refractivity contribution in [3.63, 3.8) is 0 Å². The molecule has 7 N–H and O–H groups in total. The maximum atomic E-state index is 13.9. The molecule has 3 atom stereocenters. The maximum absolute atomic E-state index is 13.9. The van der Waals surface area contributed by atoms with Gasteiger partial charge in [-0.1, -0.05) is 71.3 Å². The summed E-state index contributed by atoms with van der Waals surface area (Å²) in [6.07, 6.45) is 15.8. The molecule has 28 nitrogen and oxygen atoms in total. The molecule has 2 amide bonds. The van der Waals surface area contributed by atoms with Crippen LogP contribution in [0.4, 0.5) is 17.5 Å². The zero-order valence-electron chi connectivity index (χ0n) is 64.0. The molecule has 3 saturated heterocycles. The van der Waals surface area contributed by atoms with Gasteiger partial charge in [-0.3, -0.25) is 52.1 Å². The molecule has 3 fully saturated rings. The van der Waals surface area contributed by atoms with Crippen LogP contribution in [-0.2, 0) is 39.3 Å². The second-order valence-corrected chi connectivity index (χ2v) is 28.5. The van der Waals surface area contributed by atoms with Crippen molar-refractivity contribution in [3.8, 4) is 17.2 Å². The maximum Gasteiger partial charge on any atom is 0.278 e. The van der Waals surface area contributed by atoms with Gasteiger partial charge in [-0.2, -0.15) is 0 Å². The van der Waals surface area contributed by atoms with Crippen molar-refractivity contribution in [1.82, 2.24) is 52.6 Å². The average molecular weight is 1480 g/mol. The highest BCUT2D eigenvalue weighted by Crippen LogP contribution is 2.36. The summed E-state index contributed by atoms with van der Waals surface area (Å²) < 4.78 is 25.3. The van der Waals surface area contributed by atoms with Crippen LogP contribution < -0.4 is 68.1 Å². The lowest BCUT2D eigenvalue weighted by Crippen LogP contribution is -2.44. The van der Waals surface area contributed by atoms with Crippen molar-refractivity contribution in [2.75, 3.05) is 96.4 Å². The van der Waals surface area contributed by atoms with Crippen molar-refractivity contribution in [3.05, 3.63) is 192 Å². The van der Waals surface area contributed by atoms with Gasteiger partial charge in [0.15, 0.2) is 17.3 Å². The predicted octanol–water partition coefficient (Wildman–Crippen LogP) is 8.01. The van der Waals surface area contributed by atoms with Crippen molar-refractivity contribution in [1.29, 1.82) is 0 Å². The van der Waals surface area contributed by atoms with Crippen molar-refractivity contribution < 1.29 is 38.2 Å². The van der Waals surface area contributed by atoms with Crippen LogP contribution in [0.3, 0.4) is 0 Å². The van der Waals surface area contributed by atoms with Gasteiger partial charge < -0.3 is 70.0 Å². The van der Waals surface area contributed by atoms with Crippen LogP contribution in [-0.4, -0.2) is 176 Å². The van der Waals surface area contributed by atoms with E-state index in [1.807, 2.05) is 73.5 Å². The number of amides is 2. The number of ketones is 3. The van der Waals surface area contributed by atoms with Gasteiger partial charge in [-0.15, -0.1) is 0 Å². The van der Waals surface area contributed by atoms with Gasteiger partial charge in [0.1, 0.15) is 73.4 Å². The molecule has 6 aromatic heterocycles. The van der Waals surface area contributed by atoms with E-state index in [4.69, 9.17) is 31.4 Å². The Kier molecular flexibility index (Phi) is 26.0. The number of hydrogen-bond acceptors (Lipinski definition) is 20. The second-order valence-electron chi connectivity index (χ2n) is 28.5. The number of aromatic nitrogens is 9. The number of ether oxygens (including phenoxy) is 3. The summed E-state index contributed by atoms with van der Waals surface area (Å²) in [5.74, 6) is 2.69. The van der Waals surface area contributed by atoms with Gasteiger partial charge in [0, 0.05) is 121 Å². The van der Waals surface area contributed by atoms with E-state index in [1.54, 1.807) is 101 Å². The fraction of sp³-hybridized carbons (Fsp3) is 0.412. The molecule has 0 unspecified atom stereocenters. The average Bonchev–Trinajstić information content (AvgIpc) is 1.58. The molecule has 3 aromatic carbocycles. The third-order valence-corrected chi connectivity index (χ3v) is 19.4. The number of allylic oxidation sites excluding steroid dienone is 6. The molecule has 0 saturated carbocycles. The third-order valence-electron chi connectivity index (χ3n) is 19.4. The molecule has 3 aliphatic heterocycles. The largest absolute Gasteiger partial charge is 0.497 e. The van der Waals surface area contributed by atoms with Crippen molar-refractivity contribution in [2.45, 2.75) is 137 Å². The lowest BCUT2D eigenvalue weighted by atomic mass is 10.1. The number of anilines is 3. The number of hydrogen-bond donors (Lipinski definition) is 4. The molecular weight excluding hydrogens is 1370 g/mol. The van der Waals surface area contributed by atoms with Crippen molar-refractivity contribution in [2.24, 2.45) is 17.2 Å². The first-order valence-corrected chi connectivity index (χ1v) is 36.4. The zero-order chi connectivity index (χ0) is 77.8. The number of nitrogens with zero attached hydrogens (tertiary/aromatic N) is 13. The summed E-state index contributed by atoms with van der Waals surface area (Å²) >= 11 is 0. The Bertz CT molecular complexity index is 5110. The number of benzene rings is 3. The zero-order valence-corrected chi connectivity index (χ0v) is 64.0. The van der Waals surface area contributed by atoms with Crippen LogP contribution in [0, 0.1) is 0 Å². The number of carbonyl (C=O) groups is 5. The molecule has 12 rings (SSSR count). The molecule has 0 aliphatic carbocycles. The van der Waals surface area contributed by atoms with Gasteiger partial charge in [0.25, 0.3) is 28.5 Å². The molecule has 3 aliphatic rings. The number of nitrogens with one attached hydrogen (secondary N) is 1. The Labute approximate surface area is 627 Å². The number of rotatable bonds is 23. The van der Waals surface area contributed by atoms with E-state index in [0.29, 0.717) is 124 Å². The Morgan fingerprint density at radius 3 is 1.24 bits per heavy atom. The van der Waals surface area contributed by atoms with Crippen LogP contribution in [0.2, 0.25) is 0 Å². The minimum atomic E-state index is -0.388. The SMILES string of the molecule is CNC(=O)c1c(N2CCC[C@@H](N)C2)n(CC=C(C)C)c2c(=O)n(CC(=O)c3cccc(OC)c3)cnc12.COc1cccc(C(=O)Cn2cnc3c(C(=O)N(C)C)c(N4CCC[C@@H](N)C4)n(CC=C(C)C)c3c2=O)c1.COc1cccc(C(=O)Cn2cnc3cc(N4CCC[C@@H](N)C4)n(CC=C(C)C)c3c2=O)c1. The molecule has 0 bridgehead atoms.